The molecule has 242 valence electrons. The first-order chi connectivity index (χ1) is 25.2. The molecule has 0 aliphatic heterocycles. The molecule has 0 unspecified atom stereocenters. The third-order valence-electron chi connectivity index (χ3n) is 9.19. The van der Waals surface area contributed by atoms with E-state index in [4.69, 9.17) is 24.4 Å². The van der Waals surface area contributed by atoms with Crippen LogP contribution in [0.15, 0.2) is 168 Å². The molecule has 0 atom stereocenters. The third kappa shape index (κ3) is 5.21. The van der Waals surface area contributed by atoms with Gasteiger partial charge in [0.2, 0.25) is 0 Å². The molecule has 3 aromatic heterocycles. The molecule has 0 N–H and O–H groups in total. The summed E-state index contributed by atoms with van der Waals surface area (Å²) in [6, 6.07) is 47.4. The first kappa shape index (κ1) is 30.2. The molecule has 0 amide bonds. The SMILES string of the molecule is C=C(/N=C\C=C/C)c1cc2c(cc1-c1nc(-c3ccccc3)nc(-c3ccccc3)n1)oc1c2ccc2c3ccccc3n(-c3ccccc3)c21. The monoisotopic (exact) mass is 657 g/mol. The van der Waals surface area contributed by atoms with Gasteiger partial charge >= 0.3 is 0 Å². The standard InChI is InChI=1S/C45H31N5O/c1-3-4-26-46-29(2)36-27-37-35-25-24-34-33-22-14-15-23-39(33)50(32-20-12-7-13-21-32)41(34)42(35)51-40(37)28-38(36)45-48-43(30-16-8-5-9-17-30)47-44(49-45)31-18-10-6-11-19-31/h3-28H,2H2,1H3/b4-3-,46-26-. The highest BCUT2D eigenvalue weighted by atomic mass is 16.3. The lowest BCUT2D eigenvalue weighted by atomic mass is 10.00. The van der Waals surface area contributed by atoms with Gasteiger partial charge in [0.1, 0.15) is 5.58 Å². The number of rotatable bonds is 7. The molecular weight excluding hydrogens is 627 g/mol. The molecule has 9 aromatic rings. The Balaban J connectivity index is 1.35. The summed E-state index contributed by atoms with van der Waals surface area (Å²) in [5, 5.41) is 4.25. The average Bonchev–Trinajstić information content (AvgIpc) is 3.74. The van der Waals surface area contributed by atoms with Gasteiger partial charge in [0.25, 0.3) is 0 Å². The van der Waals surface area contributed by atoms with E-state index in [0.29, 0.717) is 28.8 Å². The first-order valence-electron chi connectivity index (χ1n) is 16.9. The zero-order valence-electron chi connectivity index (χ0n) is 27.9. The number of hydrogen-bond donors (Lipinski definition) is 0. The molecular formula is C45H31N5O. The van der Waals surface area contributed by atoms with Gasteiger partial charge in [0, 0.05) is 55.7 Å². The highest BCUT2D eigenvalue weighted by Gasteiger charge is 2.22. The van der Waals surface area contributed by atoms with Crippen LogP contribution >= 0.6 is 0 Å². The Bertz CT molecular complexity index is 2750. The predicted molar refractivity (Wildman–Crippen MR) is 210 cm³/mol. The molecule has 51 heavy (non-hydrogen) atoms. The smallest absolute Gasteiger partial charge is 0.164 e. The van der Waals surface area contributed by atoms with Crippen LogP contribution in [0, 0.1) is 0 Å². The lowest BCUT2D eigenvalue weighted by Gasteiger charge is -2.12. The normalized spacial score (nSPS) is 11.9. The van der Waals surface area contributed by atoms with Gasteiger partial charge in [-0.1, -0.05) is 116 Å². The summed E-state index contributed by atoms with van der Waals surface area (Å²) in [5.41, 5.74) is 8.65. The van der Waals surface area contributed by atoms with E-state index >= 15 is 0 Å². The number of hydrogen-bond acceptors (Lipinski definition) is 5. The molecule has 0 spiro atoms. The van der Waals surface area contributed by atoms with Gasteiger partial charge < -0.3 is 8.98 Å². The summed E-state index contributed by atoms with van der Waals surface area (Å²) < 4.78 is 9.20. The molecule has 9 rings (SSSR count). The van der Waals surface area contributed by atoms with Crippen molar-refractivity contribution in [3.8, 4) is 39.9 Å². The Labute approximate surface area is 294 Å². The van der Waals surface area contributed by atoms with Crippen LogP contribution in [0.2, 0.25) is 0 Å². The van der Waals surface area contributed by atoms with Crippen molar-refractivity contribution >= 4 is 55.7 Å². The number of furan rings is 1. The van der Waals surface area contributed by atoms with Crippen molar-refractivity contribution in [2.24, 2.45) is 4.99 Å². The molecule has 0 fully saturated rings. The van der Waals surface area contributed by atoms with Gasteiger partial charge in [-0.15, -0.1) is 0 Å². The highest BCUT2D eigenvalue weighted by molar-refractivity contribution is 6.22. The van der Waals surface area contributed by atoms with Crippen LogP contribution in [-0.4, -0.2) is 25.7 Å². The number of para-hydroxylation sites is 2. The lowest BCUT2D eigenvalue weighted by Crippen LogP contribution is -2.01. The van der Waals surface area contributed by atoms with Gasteiger partial charge in [-0.2, -0.15) is 0 Å². The van der Waals surface area contributed by atoms with E-state index in [9.17, 15) is 0 Å². The topological polar surface area (TPSA) is 69.1 Å². The minimum Gasteiger partial charge on any atom is -0.454 e. The van der Waals surface area contributed by atoms with E-state index in [-0.39, 0.29) is 0 Å². The molecule has 0 aliphatic carbocycles. The van der Waals surface area contributed by atoms with Crippen LogP contribution in [0.5, 0.6) is 0 Å². The molecule has 3 heterocycles. The number of fused-ring (bicyclic) bond motifs is 7. The van der Waals surface area contributed by atoms with Crippen molar-refractivity contribution in [3.63, 3.8) is 0 Å². The molecule has 0 aliphatic rings. The van der Waals surface area contributed by atoms with Gasteiger partial charge in [0.15, 0.2) is 23.1 Å². The van der Waals surface area contributed by atoms with Crippen LogP contribution in [0.1, 0.15) is 12.5 Å². The van der Waals surface area contributed by atoms with Gasteiger partial charge in [0.05, 0.1) is 16.7 Å². The van der Waals surface area contributed by atoms with Crippen molar-refractivity contribution in [1.29, 1.82) is 0 Å². The second kappa shape index (κ2) is 12.5. The van der Waals surface area contributed by atoms with Crippen molar-refractivity contribution < 1.29 is 4.42 Å². The summed E-state index contributed by atoms with van der Waals surface area (Å²) in [6.07, 6.45) is 5.58. The molecule has 0 saturated carbocycles. The molecule has 6 nitrogen and oxygen atoms in total. The number of benzene rings is 6. The number of allylic oxidation sites excluding steroid dienone is 2. The van der Waals surface area contributed by atoms with Crippen LogP contribution in [0.25, 0.3) is 89.3 Å². The molecule has 6 heteroatoms. The van der Waals surface area contributed by atoms with Crippen molar-refractivity contribution in [2.75, 3.05) is 0 Å². The summed E-state index contributed by atoms with van der Waals surface area (Å²) in [5.74, 6) is 1.66. The Kier molecular flexibility index (Phi) is 7.40. The third-order valence-corrected chi connectivity index (χ3v) is 9.19. The Morgan fingerprint density at radius 3 is 1.94 bits per heavy atom. The van der Waals surface area contributed by atoms with E-state index in [2.05, 4.69) is 77.9 Å². The molecule has 0 bridgehead atoms. The summed E-state index contributed by atoms with van der Waals surface area (Å²) in [6.45, 7) is 6.37. The fourth-order valence-corrected chi connectivity index (χ4v) is 6.81. The fraction of sp³-hybridized carbons (Fsp3) is 0.0222. The minimum atomic E-state index is 0.506. The van der Waals surface area contributed by atoms with Crippen molar-refractivity contribution in [1.82, 2.24) is 19.5 Å². The summed E-state index contributed by atoms with van der Waals surface area (Å²) >= 11 is 0. The summed E-state index contributed by atoms with van der Waals surface area (Å²) in [7, 11) is 0. The molecule has 0 radical (unpaired) electrons. The first-order valence-corrected chi connectivity index (χ1v) is 16.9. The number of aliphatic imine (C=N–C) groups is 1. The Morgan fingerprint density at radius 2 is 1.25 bits per heavy atom. The van der Waals surface area contributed by atoms with Gasteiger partial charge in [-0.3, -0.25) is 4.99 Å². The van der Waals surface area contributed by atoms with E-state index in [1.807, 2.05) is 91.9 Å². The number of nitrogens with zero attached hydrogens (tertiary/aromatic N) is 5. The second-order valence-electron chi connectivity index (χ2n) is 12.3. The maximum atomic E-state index is 6.91. The Morgan fingerprint density at radius 1 is 0.647 bits per heavy atom. The van der Waals surface area contributed by atoms with Crippen LogP contribution in [-0.2, 0) is 0 Å². The van der Waals surface area contributed by atoms with Gasteiger partial charge in [-0.25, -0.2) is 15.0 Å². The van der Waals surface area contributed by atoms with Crippen molar-refractivity contribution in [3.05, 3.63) is 164 Å². The van der Waals surface area contributed by atoms with Crippen LogP contribution in [0.3, 0.4) is 0 Å². The maximum absolute atomic E-state index is 6.91. The van der Waals surface area contributed by atoms with Crippen LogP contribution in [0.4, 0.5) is 0 Å². The predicted octanol–water partition coefficient (Wildman–Crippen LogP) is 11.5. The Hall–Kier alpha value is -6.92. The largest absolute Gasteiger partial charge is 0.454 e. The number of aromatic nitrogens is 4. The lowest BCUT2D eigenvalue weighted by molar-refractivity contribution is 0.671. The minimum absolute atomic E-state index is 0.506. The summed E-state index contributed by atoms with van der Waals surface area (Å²) in [4.78, 5) is 19.8. The molecule has 0 saturated heterocycles. The highest BCUT2D eigenvalue weighted by Crippen LogP contribution is 2.42. The molecule has 6 aromatic carbocycles. The fourth-order valence-electron chi connectivity index (χ4n) is 6.81. The van der Waals surface area contributed by atoms with E-state index in [0.717, 1.165) is 60.7 Å². The quantitative estimate of drug-likeness (QED) is 0.160. The van der Waals surface area contributed by atoms with E-state index < -0.39 is 0 Å². The van der Waals surface area contributed by atoms with Gasteiger partial charge in [-0.05, 0) is 49.4 Å². The average molecular weight is 658 g/mol. The van der Waals surface area contributed by atoms with E-state index in [1.165, 1.54) is 5.39 Å². The van der Waals surface area contributed by atoms with E-state index in [1.54, 1.807) is 6.21 Å². The maximum Gasteiger partial charge on any atom is 0.164 e. The zero-order chi connectivity index (χ0) is 34.3. The zero-order valence-corrected chi connectivity index (χ0v) is 27.9. The van der Waals surface area contributed by atoms with Crippen molar-refractivity contribution in [2.45, 2.75) is 6.92 Å². The second-order valence-corrected chi connectivity index (χ2v) is 12.3. The van der Waals surface area contributed by atoms with Crippen LogP contribution < -0.4 is 0 Å².